The van der Waals surface area contributed by atoms with Crippen molar-refractivity contribution in [2.45, 2.75) is 19.4 Å². The van der Waals surface area contributed by atoms with E-state index in [2.05, 4.69) is 0 Å². The van der Waals surface area contributed by atoms with Crippen LogP contribution in [-0.4, -0.2) is 12.6 Å². The lowest BCUT2D eigenvalue weighted by molar-refractivity contribution is -0.145. The largest absolute Gasteiger partial charge is 0.494 e. The lowest BCUT2D eigenvalue weighted by atomic mass is 10.2. The fraction of sp³-hybridized carbons (Fsp3) is 0.235. The summed E-state index contributed by atoms with van der Waals surface area (Å²) in [5, 5.41) is 0. The van der Waals surface area contributed by atoms with Crippen LogP contribution in [0.1, 0.15) is 18.4 Å². The molecule has 0 fully saturated rings. The van der Waals surface area contributed by atoms with Crippen molar-refractivity contribution in [1.29, 1.82) is 0 Å². The number of rotatable bonds is 7. The van der Waals surface area contributed by atoms with Crippen molar-refractivity contribution in [1.82, 2.24) is 0 Å². The van der Waals surface area contributed by atoms with Crippen LogP contribution in [0.4, 0.5) is 4.39 Å². The minimum atomic E-state index is -0.303. The summed E-state index contributed by atoms with van der Waals surface area (Å²) in [6.45, 7) is 0.633. The van der Waals surface area contributed by atoms with Gasteiger partial charge in [0, 0.05) is 6.42 Å². The highest BCUT2D eigenvalue weighted by Gasteiger charge is 2.04. The summed E-state index contributed by atoms with van der Waals surface area (Å²) in [6.07, 6.45) is 0.894. The zero-order valence-electron chi connectivity index (χ0n) is 11.6. The van der Waals surface area contributed by atoms with E-state index in [1.54, 1.807) is 12.1 Å². The Labute approximate surface area is 123 Å². The minimum Gasteiger partial charge on any atom is -0.494 e. The van der Waals surface area contributed by atoms with E-state index in [1.165, 1.54) is 12.1 Å². The van der Waals surface area contributed by atoms with Gasteiger partial charge in [-0.1, -0.05) is 30.3 Å². The van der Waals surface area contributed by atoms with Gasteiger partial charge in [-0.2, -0.15) is 0 Å². The molecule has 2 aromatic carbocycles. The van der Waals surface area contributed by atoms with Crippen LogP contribution >= 0.6 is 0 Å². The lowest BCUT2D eigenvalue weighted by Crippen LogP contribution is -2.07. The van der Waals surface area contributed by atoms with Gasteiger partial charge in [-0.05, 0) is 36.2 Å². The number of esters is 1. The van der Waals surface area contributed by atoms with E-state index >= 15 is 0 Å². The number of carbonyl (C=O) groups is 1. The van der Waals surface area contributed by atoms with Crippen molar-refractivity contribution in [2.24, 2.45) is 0 Å². The lowest BCUT2D eigenvalue weighted by Gasteiger charge is -2.06. The van der Waals surface area contributed by atoms with Gasteiger partial charge < -0.3 is 9.47 Å². The third-order valence-corrected chi connectivity index (χ3v) is 2.85. The Morgan fingerprint density at radius 1 is 1.00 bits per heavy atom. The summed E-state index contributed by atoms with van der Waals surface area (Å²) in [6, 6.07) is 15.3. The summed E-state index contributed by atoms with van der Waals surface area (Å²) < 4.78 is 23.3. The third kappa shape index (κ3) is 5.65. The summed E-state index contributed by atoms with van der Waals surface area (Å²) in [4.78, 5) is 11.5. The molecular weight excluding hydrogens is 271 g/mol. The summed E-state index contributed by atoms with van der Waals surface area (Å²) in [5.41, 5.74) is 0.769. The maximum absolute atomic E-state index is 12.7. The smallest absolute Gasteiger partial charge is 0.306 e. The van der Waals surface area contributed by atoms with Gasteiger partial charge in [-0.25, -0.2) is 4.39 Å². The Morgan fingerprint density at radius 3 is 2.43 bits per heavy atom. The number of para-hydroxylation sites is 1. The normalized spacial score (nSPS) is 10.1. The first-order valence-electron chi connectivity index (χ1n) is 6.82. The van der Waals surface area contributed by atoms with Gasteiger partial charge in [-0.15, -0.1) is 0 Å². The summed E-state index contributed by atoms with van der Waals surface area (Å²) in [5.74, 6) is 0.205. The number of hydrogen-bond acceptors (Lipinski definition) is 3. The van der Waals surface area contributed by atoms with E-state index in [0.29, 0.717) is 19.4 Å². The highest BCUT2D eigenvalue weighted by molar-refractivity contribution is 5.69. The van der Waals surface area contributed by atoms with Crippen LogP contribution in [0.15, 0.2) is 54.6 Å². The molecule has 0 amide bonds. The Balaban J connectivity index is 1.60. The predicted octanol–water partition coefficient (Wildman–Crippen LogP) is 3.73. The van der Waals surface area contributed by atoms with Crippen molar-refractivity contribution in [3.63, 3.8) is 0 Å². The first-order chi connectivity index (χ1) is 10.2. The van der Waals surface area contributed by atoms with Crippen molar-refractivity contribution in [3.8, 4) is 5.75 Å². The van der Waals surface area contributed by atoms with Crippen LogP contribution in [0.5, 0.6) is 5.75 Å². The fourth-order valence-electron chi connectivity index (χ4n) is 1.74. The molecular formula is C17H17FO3. The molecule has 0 atom stereocenters. The van der Waals surface area contributed by atoms with Crippen LogP contribution in [0.2, 0.25) is 0 Å². The standard InChI is InChI=1S/C17H17FO3/c18-15-10-8-14(9-11-15)13-21-17(19)7-4-12-20-16-5-2-1-3-6-16/h1-3,5-6,8-11H,4,7,12-13H2. The van der Waals surface area contributed by atoms with Gasteiger partial charge in [0.1, 0.15) is 18.2 Å². The number of benzene rings is 2. The summed E-state index contributed by atoms with van der Waals surface area (Å²) >= 11 is 0. The second-order valence-electron chi connectivity index (χ2n) is 4.55. The van der Waals surface area contributed by atoms with Gasteiger partial charge in [-0.3, -0.25) is 4.79 Å². The number of hydrogen-bond donors (Lipinski definition) is 0. The predicted molar refractivity (Wildman–Crippen MR) is 77.4 cm³/mol. The van der Waals surface area contributed by atoms with Gasteiger partial charge in [0.05, 0.1) is 6.61 Å². The molecule has 2 rings (SSSR count). The van der Waals surface area contributed by atoms with E-state index < -0.39 is 0 Å². The van der Waals surface area contributed by atoms with Crippen LogP contribution in [-0.2, 0) is 16.1 Å². The van der Waals surface area contributed by atoms with E-state index in [1.807, 2.05) is 30.3 Å². The molecule has 0 N–H and O–H groups in total. The van der Waals surface area contributed by atoms with Crippen LogP contribution in [0, 0.1) is 5.82 Å². The highest BCUT2D eigenvalue weighted by Crippen LogP contribution is 2.09. The van der Waals surface area contributed by atoms with Gasteiger partial charge in [0.2, 0.25) is 0 Å². The molecule has 0 aromatic heterocycles. The van der Waals surface area contributed by atoms with Gasteiger partial charge >= 0.3 is 5.97 Å². The fourth-order valence-corrected chi connectivity index (χ4v) is 1.74. The average molecular weight is 288 g/mol. The Kier molecular flexibility index (Phi) is 5.76. The second kappa shape index (κ2) is 8.04. The molecule has 0 aliphatic heterocycles. The molecule has 0 aliphatic carbocycles. The zero-order chi connectivity index (χ0) is 14.9. The van der Waals surface area contributed by atoms with Crippen molar-refractivity contribution < 1.29 is 18.7 Å². The van der Waals surface area contributed by atoms with E-state index in [9.17, 15) is 9.18 Å². The zero-order valence-corrected chi connectivity index (χ0v) is 11.6. The second-order valence-corrected chi connectivity index (χ2v) is 4.55. The number of halogens is 1. The number of ether oxygens (including phenoxy) is 2. The van der Waals surface area contributed by atoms with E-state index in [-0.39, 0.29) is 18.4 Å². The molecule has 2 aromatic rings. The Morgan fingerprint density at radius 2 is 1.71 bits per heavy atom. The summed E-state index contributed by atoms with van der Waals surface area (Å²) in [7, 11) is 0. The molecule has 0 saturated carbocycles. The molecule has 0 radical (unpaired) electrons. The molecule has 0 saturated heterocycles. The highest BCUT2D eigenvalue weighted by atomic mass is 19.1. The molecule has 0 aliphatic rings. The molecule has 21 heavy (non-hydrogen) atoms. The first kappa shape index (κ1) is 15.0. The van der Waals surface area contributed by atoms with E-state index in [4.69, 9.17) is 9.47 Å². The maximum Gasteiger partial charge on any atom is 0.306 e. The minimum absolute atomic E-state index is 0.165. The topological polar surface area (TPSA) is 35.5 Å². The molecule has 110 valence electrons. The molecule has 4 heteroatoms. The molecule has 3 nitrogen and oxygen atoms in total. The third-order valence-electron chi connectivity index (χ3n) is 2.85. The van der Waals surface area contributed by atoms with Crippen LogP contribution in [0.3, 0.4) is 0 Å². The first-order valence-corrected chi connectivity index (χ1v) is 6.82. The number of carbonyl (C=O) groups excluding carboxylic acids is 1. The monoisotopic (exact) mass is 288 g/mol. The van der Waals surface area contributed by atoms with Gasteiger partial charge in [0.25, 0.3) is 0 Å². The quantitative estimate of drug-likeness (QED) is 0.575. The average Bonchev–Trinajstić information content (AvgIpc) is 2.52. The van der Waals surface area contributed by atoms with Crippen molar-refractivity contribution >= 4 is 5.97 Å². The molecule has 0 spiro atoms. The van der Waals surface area contributed by atoms with E-state index in [0.717, 1.165) is 11.3 Å². The van der Waals surface area contributed by atoms with Gasteiger partial charge in [0.15, 0.2) is 0 Å². The molecule has 0 bridgehead atoms. The SMILES string of the molecule is O=C(CCCOc1ccccc1)OCc1ccc(F)cc1. The maximum atomic E-state index is 12.7. The van der Waals surface area contributed by atoms with Crippen molar-refractivity contribution in [2.75, 3.05) is 6.61 Å². The van der Waals surface area contributed by atoms with Crippen LogP contribution in [0.25, 0.3) is 0 Å². The Bertz CT molecular complexity index is 552. The molecule has 0 heterocycles. The van der Waals surface area contributed by atoms with Crippen molar-refractivity contribution in [3.05, 3.63) is 66.0 Å². The van der Waals surface area contributed by atoms with Crippen LogP contribution < -0.4 is 4.74 Å². The molecule has 0 unspecified atom stereocenters. The Hall–Kier alpha value is -2.36.